The third kappa shape index (κ3) is 5.16. The molecule has 2 aromatic rings. The Labute approximate surface area is 219 Å². The van der Waals surface area contributed by atoms with E-state index >= 15 is 0 Å². The first-order valence-corrected chi connectivity index (χ1v) is 14.1. The van der Waals surface area contributed by atoms with Crippen LogP contribution >= 0.6 is 11.3 Å². The van der Waals surface area contributed by atoms with Crippen LogP contribution in [0.5, 0.6) is 0 Å². The van der Waals surface area contributed by atoms with Crippen molar-refractivity contribution in [1.29, 1.82) is 0 Å². The molecule has 2 atom stereocenters. The number of thiazole rings is 1. The summed E-state index contributed by atoms with van der Waals surface area (Å²) in [4.78, 5) is 24.0. The number of nitrogens with one attached hydrogen (secondary N) is 1. The third-order valence-corrected chi connectivity index (χ3v) is 9.82. The van der Waals surface area contributed by atoms with Crippen LogP contribution in [0.2, 0.25) is 0 Å². The fraction of sp³-hybridized carbons (Fsp3) is 0.667. The molecule has 3 aliphatic rings. The van der Waals surface area contributed by atoms with Gasteiger partial charge in [0.05, 0.1) is 11.0 Å². The van der Waals surface area contributed by atoms with Crippen LogP contribution in [-0.4, -0.2) is 44.5 Å². The first-order chi connectivity index (χ1) is 17.5. The highest BCUT2D eigenvalue weighted by atomic mass is 32.1. The Morgan fingerprint density at radius 2 is 1.92 bits per heavy atom. The second-order valence-corrected chi connectivity index (χ2v) is 12.3. The first kappa shape index (κ1) is 26.6. The molecule has 202 valence electrons. The summed E-state index contributed by atoms with van der Waals surface area (Å²) in [6.07, 6.45) is 4.06. The van der Waals surface area contributed by atoms with E-state index in [1.54, 1.807) is 11.1 Å². The average Bonchev–Trinajstić information content (AvgIpc) is 3.56. The van der Waals surface area contributed by atoms with Crippen LogP contribution in [0.15, 0.2) is 23.8 Å². The van der Waals surface area contributed by atoms with Gasteiger partial charge in [-0.15, -0.1) is 11.3 Å². The number of pyridine rings is 1. The zero-order valence-corrected chi connectivity index (χ0v) is 22.2. The van der Waals surface area contributed by atoms with E-state index in [2.05, 4.69) is 29.1 Å². The molecule has 2 fully saturated rings. The topological polar surface area (TPSA) is 78.4 Å². The van der Waals surface area contributed by atoms with E-state index in [1.807, 2.05) is 5.38 Å². The lowest BCUT2D eigenvalue weighted by atomic mass is 9.73. The van der Waals surface area contributed by atoms with Crippen molar-refractivity contribution < 1.29 is 23.1 Å². The largest absolute Gasteiger partial charge is 0.417 e. The molecule has 0 saturated heterocycles. The number of nitrogens with zero attached hydrogens (tertiary/aromatic N) is 3. The van der Waals surface area contributed by atoms with Crippen LogP contribution in [0, 0.1) is 11.3 Å². The van der Waals surface area contributed by atoms with E-state index in [0.717, 1.165) is 49.4 Å². The fourth-order valence-corrected chi connectivity index (χ4v) is 7.31. The van der Waals surface area contributed by atoms with Crippen molar-refractivity contribution in [2.75, 3.05) is 6.54 Å². The maximum Gasteiger partial charge on any atom is 0.417 e. The molecule has 6 nitrogen and oxygen atoms in total. The number of carbonyl (C=O) groups excluding carboxylic acids is 1. The molecule has 2 saturated carbocycles. The van der Waals surface area contributed by atoms with E-state index in [1.165, 1.54) is 11.3 Å². The van der Waals surface area contributed by atoms with E-state index < -0.39 is 22.8 Å². The highest BCUT2D eigenvalue weighted by molar-refractivity contribution is 7.09. The Balaban J connectivity index is 1.23. The van der Waals surface area contributed by atoms with Gasteiger partial charge in [0, 0.05) is 55.1 Å². The molecule has 0 aromatic carbocycles. The number of aromatic nitrogens is 2. The normalized spacial score (nSPS) is 30.5. The van der Waals surface area contributed by atoms with Gasteiger partial charge in [0.25, 0.3) is 0 Å². The third-order valence-electron chi connectivity index (χ3n) is 8.85. The van der Waals surface area contributed by atoms with E-state index in [0.29, 0.717) is 37.1 Å². The number of hydrogen-bond donors (Lipinski definition) is 2. The Kier molecular flexibility index (Phi) is 7.13. The quantitative estimate of drug-likeness (QED) is 0.559. The van der Waals surface area contributed by atoms with Crippen molar-refractivity contribution in [3.8, 4) is 0 Å². The van der Waals surface area contributed by atoms with Crippen molar-refractivity contribution in [3.63, 3.8) is 0 Å². The summed E-state index contributed by atoms with van der Waals surface area (Å²) < 4.78 is 39.7. The lowest BCUT2D eigenvalue weighted by Crippen LogP contribution is -2.49. The van der Waals surface area contributed by atoms with Crippen LogP contribution < -0.4 is 5.32 Å². The molecule has 1 aliphatic heterocycles. The predicted molar refractivity (Wildman–Crippen MR) is 135 cm³/mol. The summed E-state index contributed by atoms with van der Waals surface area (Å²) in [5, 5.41) is 17.5. The summed E-state index contributed by atoms with van der Waals surface area (Å²) in [5.74, 6) is 0.172. The Morgan fingerprint density at radius 3 is 2.57 bits per heavy atom. The zero-order valence-electron chi connectivity index (χ0n) is 21.4. The molecule has 2 N–H and O–H groups in total. The Hall–Kier alpha value is -2.04. The van der Waals surface area contributed by atoms with Gasteiger partial charge in [0.1, 0.15) is 10.6 Å². The van der Waals surface area contributed by atoms with Crippen molar-refractivity contribution in [1.82, 2.24) is 20.2 Å². The summed E-state index contributed by atoms with van der Waals surface area (Å²) in [6.45, 7) is 4.82. The monoisotopic (exact) mass is 536 g/mol. The van der Waals surface area contributed by atoms with Crippen molar-refractivity contribution in [3.05, 3.63) is 45.7 Å². The van der Waals surface area contributed by atoms with Crippen LogP contribution in [-0.2, 0) is 29.5 Å². The molecule has 0 spiro atoms. The van der Waals surface area contributed by atoms with Crippen LogP contribution in [0.25, 0.3) is 0 Å². The molecule has 2 aliphatic carbocycles. The highest BCUT2D eigenvalue weighted by Gasteiger charge is 2.50. The molecule has 0 bridgehead atoms. The molecule has 3 heterocycles. The van der Waals surface area contributed by atoms with Gasteiger partial charge in [0.15, 0.2) is 0 Å². The number of fused-ring (bicyclic) bond motifs is 1. The number of aliphatic hydroxyl groups is 1. The zero-order chi connectivity index (χ0) is 26.4. The summed E-state index contributed by atoms with van der Waals surface area (Å²) in [7, 11) is 0. The van der Waals surface area contributed by atoms with Gasteiger partial charge in [-0.1, -0.05) is 13.8 Å². The molecular weight excluding hydrogens is 501 g/mol. The molecule has 2 aromatic heterocycles. The molecule has 1 unspecified atom stereocenters. The number of halogens is 3. The number of alkyl halides is 3. The average molecular weight is 537 g/mol. The minimum atomic E-state index is -4.45. The van der Waals surface area contributed by atoms with Crippen LogP contribution in [0.4, 0.5) is 13.2 Å². The van der Waals surface area contributed by atoms with E-state index in [-0.39, 0.29) is 30.5 Å². The predicted octanol–water partition coefficient (Wildman–Crippen LogP) is 5.06. The Bertz CT molecular complexity index is 1120. The Morgan fingerprint density at radius 1 is 1.19 bits per heavy atom. The molecule has 0 radical (unpaired) electrons. The van der Waals surface area contributed by atoms with Gasteiger partial charge < -0.3 is 15.3 Å². The van der Waals surface area contributed by atoms with Gasteiger partial charge in [-0.2, -0.15) is 13.2 Å². The second kappa shape index (κ2) is 9.93. The number of rotatable bonds is 5. The van der Waals surface area contributed by atoms with Crippen LogP contribution in [0.3, 0.4) is 0 Å². The fourth-order valence-electron chi connectivity index (χ4n) is 6.52. The SMILES string of the molecule is CC(C)[C@]1(C(=O)N2CCc3ncc(C(F)(F)F)cc3C2)CCC(NC2CCC(O)(c3nccs3)CC2)C1. The highest BCUT2D eigenvalue weighted by Crippen LogP contribution is 2.47. The maximum atomic E-state index is 13.9. The van der Waals surface area contributed by atoms with Gasteiger partial charge >= 0.3 is 6.18 Å². The molecule has 10 heteroatoms. The minimum Gasteiger partial charge on any atom is -0.383 e. The van der Waals surface area contributed by atoms with Crippen molar-refractivity contribution >= 4 is 17.2 Å². The molecule has 1 amide bonds. The van der Waals surface area contributed by atoms with Gasteiger partial charge in [-0.05, 0) is 62.5 Å². The van der Waals surface area contributed by atoms with Crippen LogP contribution in [0.1, 0.15) is 80.6 Å². The minimum absolute atomic E-state index is 0.0525. The number of hydrogen-bond acceptors (Lipinski definition) is 6. The smallest absolute Gasteiger partial charge is 0.383 e. The van der Waals surface area contributed by atoms with Crippen molar-refractivity contribution in [2.24, 2.45) is 11.3 Å². The lowest BCUT2D eigenvalue weighted by molar-refractivity contribution is -0.146. The summed E-state index contributed by atoms with van der Waals surface area (Å²) in [5.41, 5.74) is -0.989. The second-order valence-electron chi connectivity index (χ2n) is 11.4. The summed E-state index contributed by atoms with van der Waals surface area (Å²) in [6, 6.07) is 1.65. The molecular formula is C27H35F3N4O2S. The van der Waals surface area contributed by atoms with Gasteiger partial charge in [-0.25, -0.2) is 4.98 Å². The molecule has 37 heavy (non-hydrogen) atoms. The maximum absolute atomic E-state index is 13.9. The van der Waals surface area contributed by atoms with Gasteiger partial charge in [0.2, 0.25) is 5.91 Å². The van der Waals surface area contributed by atoms with E-state index in [4.69, 9.17) is 0 Å². The number of carbonyl (C=O) groups is 1. The summed E-state index contributed by atoms with van der Waals surface area (Å²) >= 11 is 1.50. The van der Waals surface area contributed by atoms with Gasteiger partial charge in [-0.3, -0.25) is 9.78 Å². The van der Waals surface area contributed by atoms with E-state index in [9.17, 15) is 23.1 Å². The standard InChI is InChI=1S/C27H35F3N4O2S/c1-17(2)25(24(35)34-11-6-22-18(16-34)13-19(15-32-22)27(28,29)30)7-3-21(14-25)33-20-4-8-26(36,9-5-20)23-31-10-12-37-23/h10,12-13,15,17,20-21,33,36H,3-9,11,14,16H2,1-2H3/t20?,21?,25-,26?/m0/s1. The first-order valence-electron chi connectivity index (χ1n) is 13.2. The molecule has 5 rings (SSSR count). The lowest BCUT2D eigenvalue weighted by Gasteiger charge is -2.40. The number of amides is 1. The van der Waals surface area contributed by atoms with Crippen molar-refractivity contribution in [2.45, 2.75) is 95.6 Å².